The second kappa shape index (κ2) is 3.44. The van der Waals surface area contributed by atoms with Gasteiger partial charge in [0.05, 0.1) is 6.26 Å². The van der Waals surface area contributed by atoms with E-state index in [1.165, 1.54) is 5.01 Å². The van der Waals surface area contributed by atoms with Crippen LogP contribution in [0.25, 0.3) is 0 Å². The molecule has 1 heterocycles. The van der Waals surface area contributed by atoms with Gasteiger partial charge in [-0.3, -0.25) is 5.01 Å². The molecule has 0 unspecified atom stereocenters. The number of rotatable bonds is 1. The van der Waals surface area contributed by atoms with E-state index in [4.69, 9.17) is 0 Å². The summed E-state index contributed by atoms with van der Waals surface area (Å²) in [6.45, 7) is 3.65. The van der Waals surface area contributed by atoms with Gasteiger partial charge < -0.3 is 0 Å². The standard InChI is InChI=1S/C7H15N5O2S/c1-7(2)6(8-15(5,13)14)11(3)9-10-12(7)4/h1-5H3. The lowest BCUT2D eigenvalue weighted by Crippen LogP contribution is -2.53. The third-order valence-electron chi connectivity index (χ3n) is 2.22. The van der Waals surface area contributed by atoms with Gasteiger partial charge in [0, 0.05) is 14.1 Å². The van der Waals surface area contributed by atoms with Crippen LogP contribution in [0.5, 0.6) is 0 Å². The van der Waals surface area contributed by atoms with Crippen LogP contribution in [0.3, 0.4) is 0 Å². The molecule has 0 N–H and O–H groups in total. The van der Waals surface area contributed by atoms with Crippen molar-refractivity contribution in [1.82, 2.24) is 10.0 Å². The van der Waals surface area contributed by atoms with E-state index in [1.807, 2.05) is 13.8 Å². The largest absolute Gasteiger partial charge is 0.267 e. The van der Waals surface area contributed by atoms with Crippen molar-refractivity contribution in [2.75, 3.05) is 20.4 Å². The normalized spacial score (nSPS) is 23.7. The Balaban J connectivity index is 3.28. The summed E-state index contributed by atoms with van der Waals surface area (Å²) in [7, 11) is -0.103. The third-order valence-corrected chi connectivity index (χ3v) is 2.73. The third kappa shape index (κ3) is 2.44. The fraction of sp³-hybridized carbons (Fsp3) is 0.857. The first-order valence-corrected chi connectivity index (χ1v) is 6.19. The summed E-state index contributed by atoms with van der Waals surface area (Å²) in [6.07, 6.45) is 1.05. The topological polar surface area (TPSA) is 77.7 Å². The number of amidine groups is 1. The molecule has 1 aliphatic heterocycles. The molecule has 0 saturated heterocycles. The van der Waals surface area contributed by atoms with E-state index in [0.717, 1.165) is 6.26 Å². The van der Waals surface area contributed by atoms with Crippen LogP contribution >= 0.6 is 0 Å². The molecule has 0 radical (unpaired) electrons. The summed E-state index contributed by atoms with van der Waals surface area (Å²) in [5.41, 5.74) is -0.598. The molecular formula is C7H15N5O2S. The summed E-state index contributed by atoms with van der Waals surface area (Å²) in [5, 5.41) is 10.5. The second-order valence-electron chi connectivity index (χ2n) is 3.93. The minimum absolute atomic E-state index is 0.350. The van der Waals surface area contributed by atoms with E-state index in [2.05, 4.69) is 14.8 Å². The van der Waals surface area contributed by atoms with Crippen molar-refractivity contribution in [3.05, 3.63) is 0 Å². The SMILES string of the molecule is CN1N=NN(C)C(C)(C)C1=NS(C)(=O)=O. The molecule has 0 saturated carbocycles. The summed E-state index contributed by atoms with van der Waals surface area (Å²) in [5.74, 6) is 0.350. The zero-order chi connectivity index (χ0) is 11.9. The summed E-state index contributed by atoms with van der Waals surface area (Å²) in [4.78, 5) is 0. The zero-order valence-electron chi connectivity index (χ0n) is 9.46. The maximum atomic E-state index is 11.1. The molecule has 0 aromatic heterocycles. The Bertz CT molecular complexity index is 411. The van der Waals surface area contributed by atoms with Crippen LogP contribution in [-0.4, -0.2) is 50.2 Å². The van der Waals surface area contributed by atoms with Crippen LogP contribution in [0, 0.1) is 0 Å². The Hall–Kier alpha value is -1.18. The van der Waals surface area contributed by atoms with Gasteiger partial charge in [0.2, 0.25) is 0 Å². The summed E-state index contributed by atoms with van der Waals surface area (Å²) < 4.78 is 25.9. The predicted octanol–water partition coefficient (Wildman–Crippen LogP) is 0.282. The van der Waals surface area contributed by atoms with Crippen LogP contribution in [-0.2, 0) is 10.0 Å². The maximum Gasteiger partial charge on any atom is 0.252 e. The van der Waals surface area contributed by atoms with Crippen molar-refractivity contribution in [2.24, 2.45) is 14.8 Å². The van der Waals surface area contributed by atoms with Gasteiger partial charge in [-0.15, -0.1) is 4.40 Å². The smallest absolute Gasteiger partial charge is 0.252 e. The first kappa shape index (κ1) is 11.9. The Morgan fingerprint density at radius 1 is 1.27 bits per heavy atom. The maximum absolute atomic E-state index is 11.1. The van der Waals surface area contributed by atoms with Crippen LogP contribution in [0.15, 0.2) is 14.8 Å². The summed E-state index contributed by atoms with van der Waals surface area (Å²) >= 11 is 0. The van der Waals surface area contributed by atoms with Gasteiger partial charge in [0.25, 0.3) is 10.0 Å². The Kier molecular flexibility index (Phi) is 2.73. The molecule has 7 nitrogen and oxygen atoms in total. The van der Waals surface area contributed by atoms with Gasteiger partial charge in [-0.2, -0.15) is 0 Å². The number of likely N-dealkylation sites (N-methyl/N-ethyl adjacent to an activating group) is 2. The molecule has 0 bridgehead atoms. The van der Waals surface area contributed by atoms with Crippen molar-refractivity contribution in [3.8, 4) is 0 Å². The first-order chi connectivity index (χ1) is 6.64. The average Bonchev–Trinajstić information content (AvgIpc) is 2.05. The van der Waals surface area contributed by atoms with Gasteiger partial charge in [-0.25, -0.2) is 13.4 Å². The van der Waals surface area contributed by atoms with E-state index in [-0.39, 0.29) is 0 Å². The van der Waals surface area contributed by atoms with E-state index in [0.29, 0.717) is 5.84 Å². The lowest BCUT2D eigenvalue weighted by molar-refractivity contribution is 0.154. The Morgan fingerprint density at radius 2 is 1.80 bits per heavy atom. The van der Waals surface area contributed by atoms with Crippen molar-refractivity contribution in [1.29, 1.82) is 0 Å². The van der Waals surface area contributed by atoms with E-state index in [9.17, 15) is 8.42 Å². The average molecular weight is 233 g/mol. The molecule has 15 heavy (non-hydrogen) atoms. The van der Waals surface area contributed by atoms with Gasteiger partial charge in [0.1, 0.15) is 5.54 Å². The highest BCUT2D eigenvalue weighted by Crippen LogP contribution is 2.22. The summed E-state index contributed by atoms with van der Waals surface area (Å²) in [6, 6.07) is 0. The highest BCUT2D eigenvalue weighted by molar-refractivity contribution is 7.89. The van der Waals surface area contributed by atoms with Gasteiger partial charge >= 0.3 is 0 Å². The van der Waals surface area contributed by atoms with E-state index in [1.54, 1.807) is 19.1 Å². The lowest BCUT2D eigenvalue weighted by Gasteiger charge is -2.38. The predicted molar refractivity (Wildman–Crippen MR) is 56.7 cm³/mol. The van der Waals surface area contributed by atoms with Crippen molar-refractivity contribution in [2.45, 2.75) is 19.4 Å². The minimum atomic E-state index is -3.43. The van der Waals surface area contributed by atoms with Crippen molar-refractivity contribution >= 4 is 15.9 Å². The number of nitrogens with zero attached hydrogens (tertiary/aromatic N) is 5. The number of sulfonamides is 1. The van der Waals surface area contributed by atoms with Crippen LogP contribution in [0.2, 0.25) is 0 Å². The monoisotopic (exact) mass is 233 g/mol. The molecule has 86 valence electrons. The molecule has 1 aliphatic rings. The zero-order valence-corrected chi connectivity index (χ0v) is 10.3. The molecule has 0 aromatic rings. The number of hydrogen-bond acceptors (Lipinski definition) is 5. The fourth-order valence-corrected chi connectivity index (χ4v) is 1.80. The second-order valence-corrected chi connectivity index (χ2v) is 5.58. The molecule has 0 fully saturated rings. The molecular weight excluding hydrogens is 218 g/mol. The minimum Gasteiger partial charge on any atom is -0.267 e. The molecule has 1 rings (SSSR count). The molecule has 8 heteroatoms. The van der Waals surface area contributed by atoms with E-state index >= 15 is 0 Å². The van der Waals surface area contributed by atoms with E-state index < -0.39 is 15.6 Å². The highest BCUT2D eigenvalue weighted by atomic mass is 32.2. The Labute approximate surface area is 89.5 Å². The Morgan fingerprint density at radius 3 is 2.27 bits per heavy atom. The van der Waals surface area contributed by atoms with Gasteiger partial charge in [-0.1, -0.05) is 5.22 Å². The van der Waals surface area contributed by atoms with Crippen molar-refractivity contribution in [3.63, 3.8) is 0 Å². The number of hydrogen-bond donors (Lipinski definition) is 0. The van der Waals surface area contributed by atoms with Crippen LogP contribution in [0.1, 0.15) is 13.8 Å². The van der Waals surface area contributed by atoms with Gasteiger partial charge in [-0.05, 0) is 19.1 Å². The lowest BCUT2D eigenvalue weighted by atomic mass is 10.0. The fourth-order valence-electron chi connectivity index (χ4n) is 1.14. The quantitative estimate of drug-likeness (QED) is 0.652. The van der Waals surface area contributed by atoms with Crippen molar-refractivity contribution < 1.29 is 8.42 Å². The molecule has 0 spiro atoms. The van der Waals surface area contributed by atoms with Crippen LogP contribution < -0.4 is 0 Å². The first-order valence-electron chi connectivity index (χ1n) is 4.34. The molecule has 0 aromatic carbocycles. The van der Waals surface area contributed by atoms with Crippen LogP contribution in [0.4, 0.5) is 0 Å². The molecule has 0 amide bonds. The highest BCUT2D eigenvalue weighted by Gasteiger charge is 2.37. The molecule has 0 aliphatic carbocycles. The van der Waals surface area contributed by atoms with Gasteiger partial charge in [0.15, 0.2) is 5.84 Å². The molecule has 0 atom stereocenters.